The van der Waals surface area contributed by atoms with Crippen LogP contribution < -0.4 is 5.32 Å². The van der Waals surface area contributed by atoms with Crippen molar-refractivity contribution in [2.24, 2.45) is 7.05 Å². The summed E-state index contributed by atoms with van der Waals surface area (Å²) in [6.45, 7) is 3.38. The second-order valence-electron chi connectivity index (χ2n) is 5.75. The number of benzene rings is 1. The molecule has 23 heavy (non-hydrogen) atoms. The number of hydrogen-bond acceptors (Lipinski definition) is 3. The van der Waals surface area contributed by atoms with E-state index in [4.69, 9.17) is 0 Å². The topological polar surface area (TPSA) is 50.1 Å². The van der Waals surface area contributed by atoms with Crippen LogP contribution in [0, 0.1) is 12.7 Å². The lowest BCUT2D eigenvalue weighted by Gasteiger charge is -2.05. The van der Waals surface area contributed by atoms with Crippen LogP contribution in [-0.2, 0) is 20.0 Å². The van der Waals surface area contributed by atoms with Crippen LogP contribution in [0.3, 0.4) is 0 Å². The summed E-state index contributed by atoms with van der Waals surface area (Å²) in [7, 11) is 1.90. The highest BCUT2D eigenvalue weighted by Gasteiger charge is 2.13. The largest absolute Gasteiger partial charge is 0.504 e. The number of rotatable bonds is 5. The number of phenols is 1. The van der Waals surface area contributed by atoms with Gasteiger partial charge in [0.1, 0.15) is 0 Å². The molecular weight excluding hydrogens is 293 g/mol. The first-order chi connectivity index (χ1) is 11.1. The van der Waals surface area contributed by atoms with Gasteiger partial charge in [-0.15, -0.1) is 0 Å². The lowest BCUT2D eigenvalue weighted by molar-refractivity contribution is 0.438. The zero-order chi connectivity index (χ0) is 16.4. The zero-order valence-corrected chi connectivity index (χ0v) is 13.3. The minimum Gasteiger partial charge on any atom is -0.504 e. The molecular formula is C18H20FN3O. The molecule has 0 aliphatic heterocycles. The third-order valence-electron chi connectivity index (χ3n) is 3.98. The van der Waals surface area contributed by atoms with Gasteiger partial charge >= 0.3 is 0 Å². The van der Waals surface area contributed by atoms with Crippen molar-refractivity contribution in [1.29, 1.82) is 0 Å². The molecule has 0 aliphatic carbocycles. The Morgan fingerprint density at radius 3 is 2.87 bits per heavy atom. The van der Waals surface area contributed by atoms with E-state index in [0.717, 1.165) is 29.0 Å². The molecule has 0 bridgehead atoms. The van der Waals surface area contributed by atoms with Crippen molar-refractivity contribution < 1.29 is 9.50 Å². The molecule has 0 amide bonds. The van der Waals surface area contributed by atoms with Crippen LogP contribution in [-0.4, -0.2) is 21.2 Å². The smallest absolute Gasteiger partial charge is 0.165 e. The van der Waals surface area contributed by atoms with Gasteiger partial charge in [0.15, 0.2) is 11.6 Å². The first-order valence-electron chi connectivity index (χ1n) is 7.65. The zero-order valence-electron chi connectivity index (χ0n) is 13.3. The number of phenolic OH excluding ortho intramolecular Hbond substituents is 1. The molecule has 3 rings (SSSR count). The Bertz CT molecular complexity index is 842. The fraction of sp³-hybridized carbons (Fsp3) is 0.278. The van der Waals surface area contributed by atoms with E-state index in [0.29, 0.717) is 18.4 Å². The average molecular weight is 313 g/mol. The van der Waals surface area contributed by atoms with E-state index in [1.807, 2.05) is 42.9 Å². The van der Waals surface area contributed by atoms with Gasteiger partial charge in [-0.2, -0.15) is 0 Å². The minimum atomic E-state index is -0.582. The molecule has 3 aromatic rings. The number of hydrogen-bond donors (Lipinski definition) is 2. The van der Waals surface area contributed by atoms with Gasteiger partial charge in [0, 0.05) is 30.9 Å². The predicted octanol–water partition coefficient (Wildman–Crippen LogP) is 3.06. The summed E-state index contributed by atoms with van der Waals surface area (Å²) >= 11 is 0. The molecule has 5 heteroatoms. The fourth-order valence-electron chi connectivity index (χ4n) is 2.86. The summed E-state index contributed by atoms with van der Waals surface area (Å²) in [5.41, 5.74) is 3.76. The number of aromatic nitrogens is 2. The van der Waals surface area contributed by atoms with Crippen molar-refractivity contribution in [3.8, 4) is 5.75 Å². The van der Waals surface area contributed by atoms with Gasteiger partial charge in [0.05, 0.1) is 11.2 Å². The molecule has 0 radical (unpaired) electrons. The Hall–Kier alpha value is -2.40. The summed E-state index contributed by atoms with van der Waals surface area (Å²) in [5, 5.41) is 13.9. The second kappa shape index (κ2) is 6.38. The monoisotopic (exact) mass is 313 g/mol. The molecule has 4 nitrogen and oxygen atoms in total. The SMILES string of the molecule is Cc1cccc(CNCCc2cn(C)c3ccc(F)c(O)c23)n1. The van der Waals surface area contributed by atoms with E-state index in [9.17, 15) is 9.50 Å². The third kappa shape index (κ3) is 3.19. The molecule has 0 unspecified atom stereocenters. The minimum absolute atomic E-state index is 0.265. The van der Waals surface area contributed by atoms with Crippen LogP contribution in [0.15, 0.2) is 36.5 Å². The van der Waals surface area contributed by atoms with Gasteiger partial charge < -0.3 is 15.0 Å². The van der Waals surface area contributed by atoms with Crippen molar-refractivity contribution in [3.63, 3.8) is 0 Å². The Kier molecular flexibility index (Phi) is 4.30. The summed E-state index contributed by atoms with van der Waals surface area (Å²) in [5.74, 6) is -0.847. The Morgan fingerprint density at radius 1 is 1.26 bits per heavy atom. The number of halogens is 1. The van der Waals surface area contributed by atoms with Crippen molar-refractivity contribution in [2.75, 3.05) is 6.54 Å². The Labute approximate surface area is 134 Å². The first-order valence-corrected chi connectivity index (χ1v) is 7.65. The van der Waals surface area contributed by atoms with E-state index in [1.165, 1.54) is 6.07 Å². The van der Waals surface area contributed by atoms with Crippen molar-refractivity contribution >= 4 is 10.9 Å². The number of pyridine rings is 1. The molecule has 1 aromatic carbocycles. The summed E-state index contributed by atoms with van der Waals surface area (Å²) in [6.07, 6.45) is 2.65. The fourth-order valence-corrected chi connectivity index (χ4v) is 2.86. The molecule has 0 spiro atoms. The molecule has 0 saturated heterocycles. The van der Waals surface area contributed by atoms with E-state index < -0.39 is 5.82 Å². The third-order valence-corrected chi connectivity index (χ3v) is 3.98. The van der Waals surface area contributed by atoms with Crippen LogP contribution in [0.4, 0.5) is 4.39 Å². The maximum absolute atomic E-state index is 13.6. The lowest BCUT2D eigenvalue weighted by Crippen LogP contribution is -2.17. The molecule has 0 atom stereocenters. The van der Waals surface area contributed by atoms with Crippen LogP contribution in [0.5, 0.6) is 5.75 Å². The van der Waals surface area contributed by atoms with Crippen LogP contribution in [0.1, 0.15) is 17.0 Å². The maximum atomic E-state index is 13.6. The highest BCUT2D eigenvalue weighted by atomic mass is 19.1. The van der Waals surface area contributed by atoms with Gasteiger partial charge in [-0.25, -0.2) is 4.39 Å². The first kappa shape index (κ1) is 15.5. The normalized spacial score (nSPS) is 11.3. The number of fused-ring (bicyclic) bond motifs is 1. The van der Waals surface area contributed by atoms with Crippen LogP contribution >= 0.6 is 0 Å². The summed E-state index contributed by atoms with van der Waals surface area (Å²) in [6, 6.07) is 8.93. The van der Waals surface area contributed by atoms with E-state index in [-0.39, 0.29) is 5.75 Å². The molecule has 0 aliphatic rings. The predicted molar refractivity (Wildman–Crippen MR) is 88.9 cm³/mol. The van der Waals surface area contributed by atoms with Gasteiger partial charge in [-0.1, -0.05) is 6.07 Å². The van der Waals surface area contributed by atoms with Crippen molar-refractivity contribution in [2.45, 2.75) is 19.9 Å². The quantitative estimate of drug-likeness (QED) is 0.712. The summed E-state index contributed by atoms with van der Waals surface area (Å²) in [4.78, 5) is 4.44. The standard InChI is InChI=1S/C18H20FN3O/c1-12-4-3-5-14(21-12)10-20-9-8-13-11-22(2)16-7-6-15(19)18(23)17(13)16/h3-7,11,20,23H,8-10H2,1-2H3. The average Bonchev–Trinajstić information content (AvgIpc) is 2.84. The number of nitrogens with zero attached hydrogens (tertiary/aromatic N) is 2. The number of aryl methyl sites for hydroxylation is 2. The van der Waals surface area contributed by atoms with Gasteiger partial charge in [-0.05, 0) is 49.7 Å². The van der Waals surface area contributed by atoms with E-state index in [1.54, 1.807) is 6.07 Å². The molecule has 2 N–H and O–H groups in total. The Morgan fingerprint density at radius 2 is 2.09 bits per heavy atom. The van der Waals surface area contributed by atoms with Crippen LogP contribution in [0.25, 0.3) is 10.9 Å². The molecule has 2 heterocycles. The summed E-state index contributed by atoms with van der Waals surface area (Å²) < 4.78 is 15.5. The van der Waals surface area contributed by atoms with E-state index in [2.05, 4.69) is 10.3 Å². The molecule has 2 aromatic heterocycles. The van der Waals surface area contributed by atoms with Gasteiger partial charge in [0.25, 0.3) is 0 Å². The van der Waals surface area contributed by atoms with Crippen molar-refractivity contribution in [3.05, 3.63) is 59.3 Å². The maximum Gasteiger partial charge on any atom is 0.165 e. The highest BCUT2D eigenvalue weighted by Crippen LogP contribution is 2.31. The van der Waals surface area contributed by atoms with Gasteiger partial charge in [-0.3, -0.25) is 4.98 Å². The van der Waals surface area contributed by atoms with Gasteiger partial charge in [0.2, 0.25) is 0 Å². The highest BCUT2D eigenvalue weighted by molar-refractivity contribution is 5.89. The lowest BCUT2D eigenvalue weighted by atomic mass is 10.1. The number of nitrogens with one attached hydrogen (secondary N) is 1. The number of aromatic hydroxyl groups is 1. The molecule has 120 valence electrons. The van der Waals surface area contributed by atoms with E-state index >= 15 is 0 Å². The van der Waals surface area contributed by atoms with Crippen molar-refractivity contribution in [1.82, 2.24) is 14.9 Å². The second-order valence-corrected chi connectivity index (χ2v) is 5.75. The Balaban J connectivity index is 1.69. The van der Waals surface area contributed by atoms with Crippen LogP contribution in [0.2, 0.25) is 0 Å². The molecule has 0 fully saturated rings. The molecule has 0 saturated carbocycles.